The quantitative estimate of drug-likeness (QED) is 0.552. The van der Waals surface area contributed by atoms with Crippen LogP contribution in [-0.2, 0) is 11.2 Å². The summed E-state index contributed by atoms with van der Waals surface area (Å²) < 4.78 is 11.2. The van der Waals surface area contributed by atoms with Gasteiger partial charge in [0.25, 0.3) is 5.91 Å². The first kappa shape index (κ1) is 21.4. The number of carbonyl (C=O) groups excluding carboxylic acids is 2. The van der Waals surface area contributed by atoms with Crippen molar-refractivity contribution in [3.8, 4) is 17.1 Å². The fraction of sp³-hybridized carbons (Fsp3) is 0.227. The van der Waals surface area contributed by atoms with Gasteiger partial charge in [-0.2, -0.15) is 0 Å². The standard InChI is InChI=1S/C22H22ClN3O4/c1-14(2)29-18-9-5-16(6-10-18)22(28)26-25-20(27)11-12-21-24-13-19(30-21)15-3-7-17(23)8-4-15/h3-10,13-14H,11-12H2,1-2H3,(H,25,27)(H,26,28). The zero-order valence-electron chi connectivity index (χ0n) is 16.6. The van der Waals surface area contributed by atoms with Crippen LogP contribution in [0.1, 0.15) is 36.5 Å². The second-order valence-electron chi connectivity index (χ2n) is 6.82. The number of hydrogen-bond donors (Lipinski definition) is 2. The number of benzene rings is 2. The molecule has 2 amide bonds. The van der Waals surface area contributed by atoms with E-state index in [0.717, 1.165) is 5.56 Å². The van der Waals surface area contributed by atoms with E-state index in [-0.39, 0.29) is 18.4 Å². The number of nitrogens with one attached hydrogen (secondary N) is 2. The fourth-order valence-corrected chi connectivity index (χ4v) is 2.74. The van der Waals surface area contributed by atoms with Gasteiger partial charge in [-0.05, 0) is 62.4 Å². The summed E-state index contributed by atoms with van der Waals surface area (Å²) in [7, 11) is 0. The highest BCUT2D eigenvalue weighted by Gasteiger charge is 2.11. The number of amides is 2. The van der Waals surface area contributed by atoms with Crippen LogP contribution in [0, 0.1) is 0 Å². The van der Waals surface area contributed by atoms with Crippen molar-refractivity contribution in [3.05, 3.63) is 71.2 Å². The fourth-order valence-electron chi connectivity index (χ4n) is 2.61. The predicted molar refractivity (Wildman–Crippen MR) is 113 cm³/mol. The Hall–Kier alpha value is -3.32. The van der Waals surface area contributed by atoms with E-state index in [0.29, 0.717) is 34.4 Å². The molecule has 0 fully saturated rings. The van der Waals surface area contributed by atoms with Crippen LogP contribution in [0.3, 0.4) is 0 Å². The van der Waals surface area contributed by atoms with Crippen molar-refractivity contribution in [1.82, 2.24) is 15.8 Å². The van der Waals surface area contributed by atoms with Crippen molar-refractivity contribution >= 4 is 23.4 Å². The van der Waals surface area contributed by atoms with Crippen LogP contribution in [0.4, 0.5) is 0 Å². The van der Waals surface area contributed by atoms with E-state index in [2.05, 4.69) is 15.8 Å². The Kier molecular flexibility index (Phi) is 7.08. The van der Waals surface area contributed by atoms with Gasteiger partial charge in [0.1, 0.15) is 5.75 Å². The lowest BCUT2D eigenvalue weighted by atomic mass is 10.2. The second kappa shape index (κ2) is 9.93. The van der Waals surface area contributed by atoms with Gasteiger partial charge in [0.15, 0.2) is 11.7 Å². The molecule has 3 rings (SSSR count). The van der Waals surface area contributed by atoms with Crippen molar-refractivity contribution in [2.75, 3.05) is 0 Å². The molecule has 3 aromatic rings. The van der Waals surface area contributed by atoms with E-state index in [1.807, 2.05) is 26.0 Å². The van der Waals surface area contributed by atoms with Crippen molar-refractivity contribution in [2.45, 2.75) is 32.8 Å². The van der Waals surface area contributed by atoms with Crippen molar-refractivity contribution in [1.29, 1.82) is 0 Å². The molecule has 7 nitrogen and oxygen atoms in total. The zero-order valence-corrected chi connectivity index (χ0v) is 17.4. The Bertz CT molecular complexity index is 998. The molecule has 0 saturated heterocycles. The van der Waals surface area contributed by atoms with Crippen LogP contribution < -0.4 is 15.6 Å². The van der Waals surface area contributed by atoms with Gasteiger partial charge in [0.2, 0.25) is 5.91 Å². The Morgan fingerprint density at radius 1 is 1.07 bits per heavy atom. The molecular formula is C22H22ClN3O4. The molecule has 0 bridgehead atoms. The van der Waals surface area contributed by atoms with Crippen LogP contribution in [-0.4, -0.2) is 22.9 Å². The molecule has 30 heavy (non-hydrogen) atoms. The van der Waals surface area contributed by atoms with Gasteiger partial charge < -0.3 is 9.15 Å². The molecule has 156 valence electrons. The minimum Gasteiger partial charge on any atom is -0.491 e. The van der Waals surface area contributed by atoms with Crippen LogP contribution in [0.5, 0.6) is 5.75 Å². The van der Waals surface area contributed by atoms with Gasteiger partial charge in [-0.3, -0.25) is 20.4 Å². The third kappa shape index (κ3) is 6.09. The topological polar surface area (TPSA) is 93.5 Å². The number of aromatic nitrogens is 1. The van der Waals surface area contributed by atoms with E-state index in [1.54, 1.807) is 42.6 Å². The Labute approximate surface area is 179 Å². The maximum Gasteiger partial charge on any atom is 0.269 e. The van der Waals surface area contributed by atoms with Crippen LogP contribution in [0.15, 0.2) is 59.1 Å². The summed E-state index contributed by atoms with van der Waals surface area (Å²) in [6, 6.07) is 13.9. The molecule has 1 aromatic heterocycles. The molecule has 0 radical (unpaired) electrons. The van der Waals surface area contributed by atoms with Crippen LogP contribution in [0.25, 0.3) is 11.3 Å². The predicted octanol–water partition coefficient (Wildman–Crippen LogP) is 4.18. The number of carbonyl (C=O) groups is 2. The van der Waals surface area contributed by atoms with Gasteiger partial charge in [0, 0.05) is 29.0 Å². The summed E-state index contributed by atoms with van der Waals surface area (Å²) in [6.07, 6.45) is 2.07. The molecule has 0 atom stereocenters. The summed E-state index contributed by atoms with van der Waals surface area (Å²) in [5.74, 6) is 0.937. The molecule has 0 spiro atoms. The van der Waals surface area contributed by atoms with E-state index in [1.165, 1.54) is 0 Å². The number of aryl methyl sites for hydroxylation is 1. The number of oxazole rings is 1. The number of rotatable bonds is 7. The summed E-state index contributed by atoms with van der Waals surface area (Å²) in [4.78, 5) is 28.3. The second-order valence-corrected chi connectivity index (χ2v) is 7.25. The molecule has 0 aliphatic rings. The normalized spacial score (nSPS) is 10.7. The van der Waals surface area contributed by atoms with Gasteiger partial charge in [-0.1, -0.05) is 11.6 Å². The Morgan fingerprint density at radius 2 is 1.77 bits per heavy atom. The molecule has 8 heteroatoms. The number of ether oxygens (including phenoxy) is 1. The lowest BCUT2D eigenvalue weighted by Gasteiger charge is -2.10. The van der Waals surface area contributed by atoms with Crippen molar-refractivity contribution in [3.63, 3.8) is 0 Å². The average Bonchev–Trinajstić information content (AvgIpc) is 3.20. The average molecular weight is 428 g/mol. The lowest BCUT2D eigenvalue weighted by molar-refractivity contribution is -0.121. The third-order valence-corrected chi connectivity index (χ3v) is 4.30. The molecule has 2 N–H and O–H groups in total. The minimum atomic E-state index is -0.416. The van der Waals surface area contributed by atoms with Crippen LogP contribution in [0.2, 0.25) is 5.02 Å². The summed E-state index contributed by atoms with van der Waals surface area (Å²) in [6.45, 7) is 3.85. The molecule has 0 saturated carbocycles. The Morgan fingerprint density at radius 3 is 2.43 bits per heavy atom. The smallest absolute Gasteiger partial charge is 0.269 e. The molecule has 0 unspecified atom stereocenters. The van der Waals surface area contributed by atoms with E-state index in [4.69, 9.17) is 20.8 Å². The summed E-state index contributed by atoms with van der Waals surface area (Å²) >= 11 is 5.88. The highest BCUT2D eigenvalue weighted by Crippen LogP contribution is 2.22. The summed E-state index contributed by atoms with van der Waals surface area (Å²) in [5.41, 5.74) is 6.03. The highest BCUT2D eigenvalue weighted by molar-refractivity contribution is 6.30. The maximum atomic E-state index is 12.1. The largest absolute Gasteiger partial charge is 0.491 e. The Balaban J connectivity index is 1.45. The maximum absolute atomic E-state index is 12.1. The molecular weight excluding hydrogens is 406 g/mol. The first-order valence-electron chi connectivity index (χ1n) is 9.47. The van der Waals surface area contributed by atoms with E-state index in [9.17, 15) is 9.59 Å². The SMILES string of the molecule is CC(C)Oc1ccc(C(=O)NNC(=O)CCc2ncc(-c3ccc(Cl)cc3)o2)cc1. The lowest BCUT2D eigenvalue weighted by Crippen LogP contribution is -2.41. The number of halogens is 1. The number of nitrogens with zero attached hydrogens (tertiary/aromatic N) is 1. The van der Waals surface area contributed by atoms with Gasteiger partial charge in [-0.25, -0.2) is 4.98 Å². The first-order valence-corrected chi connectivity index (χ1v) is 9.85. The third-order valence-electron chi connectivity index (χ3n) is 4.05. The van der Waals surface area contributed by atoms with Gasteiger partial charge in [0.05, 0.1) is 12.3 Å². The number of hydrazine groups is 1. The highest BCUT2D eigenvalue weighted by atomic mass is 35.5. The van der Waals surface area contributed by atoms with E-state index >= 15 is 0 Å². The van der Waals surface area contributed by atoms with Crippen molar-refractivity contribution < 1.29 is 18.7 Å². The van der Waals surface area contributed by atoms with Crippen LogP contribution >= 0.6 is 11.6 Å². The number of hydrogen-bond acceptors (Lipinski definition) is 5. The molecule has 2 aromatic carbocycles. The van der Waals surface area contributed by atoms with E-state index < -0.39 is 5.91 Å². The first-order chi connectivity index (χ1) is 14.4. The zero-order chi connectivity index (χ0) is 21.5. The van der Waals surface area contributed by atoms with Gasteiger partial charge >= 0.3 is 0 Å². The van der Waals surface area contributed by atoms with Gasteiger partial charge in [-0.15, -0.1) is 0 Å². The molecule has 1 heterocycles. The summed E-state index contributed by atoms with van der Waals surface area (Å²) in [5, 5.41) is 0.636. The minimum absolute atomic E-state index is 0.0508. The monoisotopic (exact) mass is 427 g/mol. The molecule has 0 aliphatic carbocycles. The molecule has 0 aliphatic heterocycles. The van der Waals surface area contributed by atoms with Crippen molar-refractivity contribution in [2.24, 2.45) is 0 Å².